The van der Waals surface area contributed by atoms with E-state index >= 15 is 0 Å². The minimum Gasteiger partial charge on any atom is -0.453 e. The molecule has 3 aromatic carbocycles. The first-order valence-corrected chi connectivity index (χ1v) is 10.8. The van der Waals surface area contributed by atoms with Crippen LogP contribution >= 0.6 is 0 Å². The molecule has 4 rings (SSSR count). The molecule has 0 radical (unpaired) electrons. The van der Waals surface area contributed by atoms with Crippen molar-refractivity contribution in [2.75, 3.05) is 37.7 Å². The molecule has 0 bridgehead atoms. The molecule has 0 saturated carbocycles. The fourth-order valence-corrected chi connectivity index (χ4v) is 3.95. The largest absolute Gasteiger partial charge is 0.453 e. The molecule has 7 heteroatoms. The summed E-state index contributed by atoms with van der Waals surface area (Å²) in [7, 11) is 0. The van der Waals surface area contributed by atoms with Crippen LogP contribution in [0.25, 0.3) is 0 Å². The van der Waals surface area contributed by atoms with Gasteiger partial charge >= 0.3 is 5.97 Å². The summed E-state index contributed by atoms with van der Waals surface area (Å²) in [6.07, 6.45) is 0. The van der Waals surface area contributed by atoms with Crippen LogP contribution in [0.3, 0.4) is 0 Å². The highest BCUT2D eigenvalue weighted by molar-refractivity contribution is 5.88. The molecule has 1 heterocycles. The van der Waals surface area contributed by atoms with Crippen molar-refractivity contribution in [2.45, 2.75) is 5.60 Å². The van der Waals surface area contributed by atoms with E-state index < -0.39 is 18.2 Å². The van der Waals surface area contributed by atoms with Crippen molar-refractivity contribution in [3.63, 3.8) is 0 Å². The third-order valence-electron chi connectivity index (χ3n) is 5.83. The number of hydrogen-bond donors (Lipinski definition) is 1. The van der Waals surface area contributed by atoms with Crippen LogP contribution in [0.1, 0.15) is 11.1 Å². The Hall–Kier alpha value is -3.71. The van der Waals surface area contributed by atoms with Gasteiger partial charge in [0, 0.05) is 31.9 Å². The van der Waals surface area contributed by atoms with E-state index in [9.17, 15) is 19.1 Å². The van der Waals surface area contributed by atoms with E-state index in [2.05, 4.69) is 4.90 Å². The second-order valence-electron chi connectivity index (χ2n) is 7.86. The van der Waals surface area contributed by atoms with Gasteiger partial charge in [0.25, 0.3) is 5.91 Å². The Bertz CT molecular complexity index is 1040. The summed E-state index contributed by atoms with van der Waals surface area (Å²) >= 11 is 0. The van der Waals surface area contributed by atoms with Gasteiger partial charge in [-0.25, -0.2) is 9.18 Å². The molecule has 3 aromatic rings. The van der Waals surface area contributed by atoms with Crippen LogP contribution in [-0.4, -0.2) is 54.7 Å². The van der Waals surface area contributed by atoms with Crippen LogP contribution < -0.4 is 4.90 Å². The van der Waals surface area contributed by atoms with Gasteiger partial charge in [0.2, 0.25) is 5.60 Å². The Labute approximate surface area is 191 Å². The van der Waals surface area contributed by atoms with Gasteiger partial charge in [0.05, 0.1) is 0 Å². The lowest BCUT2D eigenvalue weighted by atomic mass is 9.86. The van der Waals surface area contributed by atoms with Crippen LogP contribution in [0.4, 0.5) is 10.1 Å². The van der Waals surface area contributed by atoms with Crippen LogP contribution in [0.15, 0.2) is 84.9 Å². The Morgan fingerprint density at radius 2 is 1.33 bits per heavy atom. The van der Waals surface area contributed by atoms with E-state index in [4.69, 9.17) is 4.74 Å². The summed E-state index contributed by atoms with van der Waals surface area (Å²) in [5.74, 6) is -1.52. The van der Waals surface area contributed by atoms with Gasteiger partial charge in [-0.05, 0) is 35.4 Å². The average molecular weight is 448 g/mol. The second-order valence-corrected chi connectivity index (χ2v) is 7.86. The fraction of sp³-hybridized carbons (Fsp3) is 0.231. The number of carbonyl (C=O) groups is 2. The van der Waals surface area contributed by atoms with Crippen molar-refractivity contribution in [2.24, 2.45) is 0 Å². The highest BCUT2D eigenvalue weighted by atomic mass is 19.1. The maximum Gasteiger partial charge on any atom is 0.348 e. The molecule has 6 nitrogen and oxygen atoms in total. The number of carbonyl (C=O) groups excluding carboxylic acids is 2. The molecule has 0 unspecified atom stereocenters. The van der Waals surface area contributed by atoms with Crippen LogP contribution in [-0.2, 0) is 19.9 Å². The number of aliphatic hydroxyl groups is 1. The number of esters is 1. The summed E-state index contributed by atoms with van der Waals surface area (Å²) < 4.78 is 18.5. The maximum atomic E-state index is 13.1. The third kappa shape index (κ3) is 4.88. The van der Waals surface area contributed by atoms with Crippen molar-refractivity contribution in [1.29, 1.82) is 0 Å². The molecule has 1 fully saturated rings. The molecular formula is C26H25FN2O4. The number of ether oxygens (including phenoxy) is 1. The molecule has 1 amide bonds. The molecule has 33 heavy (non-hydrogen) atoms. The number of piperazine rings is 1. The summed E-state index contributed by atoms with van der Waals surface area (Å²) in [6.45, 7) is 1.62. The van der Waals surface area contributed by atoms with Crippen molar-refractivity contribution in [1.82, 2.24) is 4.90 Å². The number of hydrogen-bond acceptors (Lipinski definition) is 5. The van der Waals surface area contributed by atoms with E-state index in [1.54, 1.807) is 77.7 Å². The smallest absolute Gasteiger partial charge is 0.348 e. The van der Waals surface area contributed by atoms with Crippen molar-refractivity contribution >= 4 is 17.6 Å². The average Bonchev–Trinajstić information content (AvgIpc) is 2.88. The Kier molecular flexibility index (Phi) is 6.70. The SMILES string of the molecule is O=C(COC(=O)C(O)(c1ccccc1)c1ccccc1)N1CCN(c2ccc(F)cc2)CC1. The van der Waals surface area contributed by atoms with Gasteiger partial charge in [0.1, 0.15) is 5.82 Å². The summed E-state index contributed by atoms with van der Waals surface area (Å²) in [5.41, 5.74) is -0.404. The molecule has 1 aliphatic heterocycles. The topological polar surface area (TPSA) is 70.1 Å². The summed E-state index contributed by atoms with van der Waals surface area (Å²) in [5, 5.41) is 11.4. The first-order chi connectivity index (χ1) is 16.0. The van der Waals surface area contributed by atoms with E-state index in [1.165, 1.54) is 12.1 Å². The van der Waals surface area contributed by atoms with Crippen LogP contribution in [0.5, 0.6) is 0 Å². The Morgan fingerprint density at radius 1 is 0.818 bits per heavy atom. The monoisotopic (exact) mass is 448 g/mol. The van der Waals surface area contributed by atoms with E-state index in [0.29, 0.717) is 37.3 Å². The fourth-order valence-electron chi connectivity index (χ4n) is 3.95. The number of rotatable bonds is 6. The zero-order chi connectivity index (χ0) is 23.3. The molecule has 0 aromatic heterocycles. The molecule has 0 aliphatic carbocycles. The zero-order valence-electron chi connectivity index (χ0n) is 18.1. The lowest BCUT2D eigenvalue weighted by Crippen LogP contribution is -2.50. The van der Waals surface area contributed by atoms with Crippen molar-refractivity contribution in [3.8, 4) is 0 Å². The van der Waals surface area contributed by atoms with Crippen molar-refractivity contribution in [3.05, 3.63) is 102 Å². The van der Waals surface area contributed by atoms with E-state index in [1.807, 2.05) is 0 Å². The van der Waals surface area contributed by atoms with Crippen LogP contribution in [0, 0.1) is 5.82 Å². The Morgan fingerprint density at radius 3 is 1.85 bits per heavy atom. The first kappa shape index (κ1) is 22.5. The number of nitrogens with zero attached hydrogens (tertiary/aromatic N) is 2. The van der Waals surface area contributed by atoms with E-state index in [-0.39, 0.29) is 11.7 Å². The maximum absolute atomic E-state index is 13.1. The molecule has 1 N–H and O–H groups in total. The predicted octanol–water partition coefficient (Wildman–Crippen LogP) is 2.95. The number of benzene rings is 3. The minimum atomic E-state index is -2.02. The van der Waals surface area contributed by atoms with E-state index in [0.717, 1.165) is 5.69 Å². The minimum absolute atomic E-state index is 0.291. The predicted molar refractivity (Wildman–Crippen MR) is 122 cm³/mol. The highest BCUT2D eigenvalue weighted by Crippen LogP contribution is 2.31. The molecular weight excluding hydrogens is 423 g/mol. The van der Waals surface area contributed by atoms with Crippen molar-refractivity contribution < 1.29 is 23.8 Å². The lowest BCUT2D eigenvalue weighted by molar-refractivity contribution is -0.166. The number of anilines is 1. The van der Waals surface area contributed by atoms with Gasteiger partial charge in [-0.2, -0.15) is 0 Å². The standard InChI is InChI=1S/C26H25FN2O4/c27-22-11-13-23(14-12-22)28-15-17-29(18-16-28)24(30)19-33-25(31)26(32,20-7-3-1-4-8-20)21-9-5-2-6-10-21/h1-14,32H,15-19H2. The first-order valence-electron chi connectivity index (χ1n) is 10.8. The molecule has 1 aliphatic rings. The van der Waals surface area contributed by atoms with Gasteiger partial charge in [-0.3, -0.25) is 4.79 Å². The van der Waals surface area contributed by atoms with Gasteiger partial charge < -0.3 is 19.6 Å². The van der Waals surface area contributed by atoms with Gasteiger partial charge in [0.15, 0.2) is 6.61 Å². The molecule has 170 valence electrons. The molecule has 0 atom stereocenters. The quantitative estimate of drug-likeness (QED) is 0.588. The van der Waals surface area contributed by atoms with Gasteiger partial charge in [-0.15, -0.1) is 0 Å². The highest BCUT2D eigenvalue weighted by Gasteiger charge is 2.42. The normalized spacial score (nSPS) is 14.1. The number of halogens is 1. The molecule has 1 saturated heterocycles. The number of amides is 1. The molecule has 0 spiro atoms. The summed E-state index contributed by atoms with van der Waals surface area (Å²) in [6, 6.07) is 23.3. The van der Waals surface area contributed by atoms with Crippen LogP contribution in [0.2, 0.25) is 0 Å². The third-order valence-corrected chi connectivity index (χ3v) is 5.83. The van der Waals surface area contributed by atoms with Gasteiger partial charge in [-0.1, -0.05) is 60.7 Å². The second kappa shape index (κ2) is 9.83. The lowest BCUT2D eigenvalue weighted by Gasteiger charge is -2.36. The zero-order valence-corrected chi connectivity index (χ0v) is 18.1. The summed E-state index contributed by atoms with van der Waals surface area (Å²) in [4.78, 5) is 29.4. The Balaban J connectivity index is 1.39.